The van der Waals surface area contributed by atoms with Crippen LogP contribution in [-0.4, -0.2) is 9.38 Å². The molecule has 0 atom stereocenters. The van der Waals surface area contributed by atoms with Crippen LogP contribution in [0.5, 0.6) is 0 Å². The summed E-state index contributed by atoms with van der Waals surface area (Å²) >= 11 is 13.3. The first-order chi connectivity index (χ1) is 9.65. The van der Waals surface area contributed by atoms with Crippen LogP contribution in [-0.2, 0) is 0 Å². The average Bonchev–Trinajstić information content (AvgIpc) is 2.91. The molecule has 3 aromatic rings. The number of rotatable bonds is 2. The predicted molar refractivity (Wildman–Crippen MR) is 84.7 cm³/mol. The first-order valence-electron chi connectivity index (χ1n) is 5.74. The van der Waals surface area contributed by atoms with E-state index in [2.05, 4.69) is 4.98 Å². The topological polar surface area (TPSA) is 34.4 Å². The second-order valence-corrected chi connectivity index (χ2v) is 5.74. The largest absolute Gasteiger partial charge is 0.277 e. The molecule has 3 nitrogen and oxygen atoms in total. The lowest BCUT2D eigenvalue weighted by molar-refractivity contribution is 1.07. The number of fused-ring (bicyclic) bond motifs is 1. The van der Waals surface area contributed by atoms with Crippen molar-refractivity contribution in [2.45, 2.75) is 0 Å². The SMILES string of the molecule is O=c1c(Cl)c(C=Cc2ccc(Cl)cc2)nc2sccn12. The summed E-state index contributed by atoms with van der Waals surface area (Å²) in [5.74, 6) is 0. The molecule has 0 aliphatic rings. The normalized spacial score (nSPS) is 11.5. The minimum atomic E-state index is -0.256. The number of nitrogens with zero attached hydrogens (tertiary/aromatic N) is 2. The summed E-state index contributed by atoms with van der Waals surface area (Å²) in [7, 11) is 0. The summed E-state index contributed by atoms with van der Waals surface area (Å²) in [5.41, 5.74) is 1.17. The Morgan fingerprint density at radius 1 is 1.15 bits per heavy atom. The van der Waals surface area contributed by atoms with E-state index >= 15 is 0 Å². The van der Waals surface area contributed by atoms with Gasteiger partial charge in [-0.25, -0.2) is 4.98 Å². The van der Waals surface area contributed by atoms with E-state index < -0.39 is 0 Å². The van der Waals surface area contributed by atoms with E-state index in [-0.39, 0.29) is 10.6 Å². The standard InChI is InChI=1S/C14H8Cl2N2OS/c15-10-4-1-9(2-5-10)3-6-11-12(16)13(19)18-7-8-20-14(18)17-11/h1-8H. The van der Waals surface area contributed by atoms with Gasteiger partial charge in [-0.1, -0.05) is 41.4 Å². The molecule has 0 unspecified atom stereocenters. The van der Waals surface area contributed by atoms with Crippen LogP contribution >= 0.6 is 34.5 Å². The second kappa shape index (κ2) is 5.40. The molecule has 0 radical (unpaired) electrons. The number of halogens is 2. The zero-order valence-corrected chi connectivity index (χ0v) is 12.4. The molecule has 3 rings (SSSR count). The van der Waals surface area contributed by atoms with E-state index in [0.29, 0.717) is 15.7 Å². The van der Waals surface area contributed by atoms with Gasteiger partial charge in [0.25, 0.3) is 5.56 Å². The highest BCUT2D eigenvalue weighted by Crippen LogP contribution is 2.17. The molecule has 0 N–H and O–H groups in total. The molecule has 0 spiro atoms. The number of hydrogen-bond donors (Lipinski definition) is 0. The van der Waals surface area contributed by atoms with Crippen molar-refractivity contribution in [3.63, 3.8) is 0 Å². The van der Waals surface area contributed by atoms with Crippen LogP contribution in [0.25, 0.3) is 17.1 Å². The quantitative estimate of drug-likeness (QED) is 0.707. The van der Waals surface area contributed by atoms with Gasteiger partial charge in [0, 0.05) is 16.6 Å². The molecule has 20 heavy (non-hydrogen) atoms. The fourth-order valence-corrected chi connectivity index (χ4v) is 2.77. The van der Waals surface area contributed by atoms with Gasteiger partial charge < -0.3 is 0 Å². The Morgan fingerprint density at radius 2 is 1.90 bits per heavy atom. The van der Waals surface area contributed by atoms with E-state index in [1.807, 2.05) is 18.2 Å². The first-order valence-corrected chi connectivity index (χ1v) is 7.38. The number of hydrogen-bond acceptors (Lipinski definition) is 3. The molecular weight excluding hydrogens is 315 g/mol. The van der Waals surface area contributed by atoms with Gasteiger partial charge >= 0.3 is 0 Å². The molecule has 0 saturated heterocycles. The molecule has 0 fully saturated rings. The molecule has 100 valence electrons. The van der Waals surface area contributed by atoms with E-state index in [4.69, 9.17) is 23.2 Å². The monoisotopic (exact) mass is 322 g/mol. The van der Waals surface area contributed by atoms with Gasteiger partial charge in [-0.3, -0.25) is 9.20 Å². The molecule has 2 aromatic heterocycles. The third kappa shape index (κ3) is 2.50. The van der Waals surface area contributed by atoms with Crippen molar-refractivity contribution in [1.29, 1.82) is 0 Å². The van der Waals surface area contributed by atoms with Crippen molar-refractivity contribution in [3.05, 3.63) is 67.5 Å². The lowest BCUT2D eigenvalue weighted by Crippen LogP contribution is -2.14. The maximum absolute atomic E-state index is 12.0. The highest BCUT2D eigenvalue weighted by atomic mass is 35.5. The van der Waals surface area contributed by atoms with Crippen molar-refractivity contribution in [2.24, 2.45) is 0 Å². The smallest absolute Gasteiger partial charge is 0.267 e. The predicted octanol–water partition coefficient (Wildman–Crippen LogP) is 4.23. The molecule has 0 aliphatic carbocycles. The van der Waals surface area contributed by atoms with Gasteiger partial charge in [-0.15, -0.1) is 11.3 Å². The molecule has 2 heterocycles. The Balaban J connectivity index is 2.04. The Morgan fingerprint density at radius 3 is 2.65 bits per heavy atom. The summed E-state index contributed by atoms with van der Waals surface area (Å²) in [5, 5.41) is 2.59. The number of aromatic nitrogens is 2. The van der Waals surface area contributed by atoms with Crippen LogP contribution in [0.2, 0.25) is 10.0 Å². The summed E-state index contributed by atoms with van der Waals surface area (Å²) in [6, 6.07) is 7.35. The van der Waals surface area contributed by atoms with Crippen molar-refractivity contribution in [2.75, 3.05) is 0 Å². The molecule has 1 aromatic carbocycles. The van der Waals surface area contributed by atoms with Crippen molar-refractivity contribution < 1.29 is 0 Å². The molecule has 6 heteroatoms. The molecule has 0 aliphatic heterocycles. The number of benzene rings is 1. The average molecular weight is 323 g/mol. The van der Waals surface area contributed by atoms with Gasteiger partial charge in [-0.05, 0) is 23.8 Å². The van der Waals surface area contributed by atoms with Crippen molar-refractivity contribution in [1.82, 2.24) is 9.38 Å². The Hall–Kier alpha value is -1.62. The Kier molecular flexibility index (Phi) is 3.61. The summed E-state index contributed by atoms with van der Waals surface area (Å²) in [6.45, 7) is 0. The molecule has 0 amide bonds. The molecule has 0 saturated carbocycles. The maximum atomic E-state index is 12.0. The van der Waals surface area contributed by atoms with Crippen LogP contribution in [0.3, 0.4) is 0 Å². The maximum Gasteiger partial charge on any atom is 0.277 e. The minimum Gasteiger partial charge on any atom is -0.267 e. The molecular formula is C14H8Cl2N2OS. The first kappa shape index (κ1) is 13.4. The van der Waals surface area contributed by atoms with Crippen LogP contribution in [0.4, 0.5) is 0 Å². The van der Waals surface area contributed by atoms with Crippen LogP contribution < -0.4 is 5.56 Å². The fraction of sp³-hybridized carbons (Fsp3) is 0. The van der Waals surface area contributed by atoms with Crippen molar-refractivity contribution in [3.8, 4) is 0 Å². The van der Waals surface area contributed by atoms with Crippen LogP contribution in [0, 0.1) is 0 Å². The van der Waals surface area contributed by atoms with E-state index in [0.717, 1.165) is 5.56 Å². The van der Waals surface area contributed by atoms with E-state index in [9.17, 15) is 4.79 Å². The van der Waals surface area contributed by atoms with E-state index in [1.165, 1.54) is 15.7 Å². The van der Waals surface area contributed by atoms with Crippen LogP contribution in [0.1, 0.15) is 11.3 Å². The fourth-order valence-electron chi connectivity index (χ4n) is 1.73. The third-order valence-corrected chi connectivity index (χ3v) is 4.10. The third-order valence-electron chi connectivity index (χ3n) is 2.74. The second-order valence-electron chi connectivity index (χ2n) is 4.06. The Labute approximate surface area is 128 Å². The van der Waals surface area contributed by atoms with Crippen LogP contribution in [0.15, 0.2) is 40.6 Å². The molecule has 0 bridgehead atoms. The highest BCUT2D eigenvalue weighted by molar-refractivity contribution is 7.15. The zero-order chi connectivity index (χ0) is 14.1. The Bertz CT molecular complexity index is 850. The van der Waals surface area contributed by atoms with Gasteiger partial charge in [0.15, 0.2) is 4.96 Å². The van der Waals surface area contributed by atoms with E-state index in [1.54, 1.807) is 29.8 Å². The van der Waals surface area contributed by atoms with Gasteiger partial charge in [-0.2, -0.15) is 0 Å². The summed E-state index contributed by atoms with van der Waals surface area (Å²) in [4.78, 5) is 17.0. The van der Waals surface area contributed by atoms with Gasteiger partial charge in [0.2, 0.25) is 0 Å². The lowest BCUT2D eigenvalue weighted by atomic mass is 10.2. The minimum absolute atomic E-state index is 0.117. The van der Waals surface area contributed by atoms with Gasteiger partial charge in [0.1, 0.15) is 5.02 Å². The zero-order valence-electron chi connectivity index (χ0n) is 10.1. The number of thiazole rings is 1. The summed E-state index contributed by atoms with van der Waals surface area (Å²) in [6.07, 6.45) is 5.23. The van der Waals surface area contributed by atoms with Gasteiger partial charge in [0.05, 0.1) is 5.69 Å². The highest BCUT2D eigenvalue weighted by Gasteiger charge is 2.08. The summed E-state index contributed by atoms with van der Waals surface area (Å²) < 4.78 is 1.44. The van der Waals surface area contributed by atoms with Crippen molar-refractivity contribution >= 4 is 51.7 Å². The lowest BCUT2D eigenvalue weighted by Gasteiger charge is -1.99.